The number of aryl methyl sites for hydroxylation is 4. The summed E-state index contributed by atoms with van der Waals surface area (Å²) in [5.74, 6) is 0. The fraction of sp³-hybridized carbons (Fsp3) is 0.517. The molecule has 2 fully saturated rings. The van der Waals surface area contributed by atoms with Gasteiger partial charge in [0, 0.05) is 13.2 Å². The molecule has 2 aliphatic heterocycles. The molecule has 2 aromatic rings. The number of hydrogen-bond donors (Lipinski definition) is 0. The topological polar surface area (TPSA) is 89.5 Å². The van der Waals surface area contributed by atoms with E-state index in [0.29, 0.717) is 26.4 Å². The Morgan fingerprint density at radius 3 is 1.24 bits per heavy atom. The van der Waals surface area contributed by atoms with Crippen molar-refractivity contribution in [3.8, 4) is 0 Å². The van der Waals surface area contributed by atoms with Crippen molar-refractivity contribution in [2.45, 2.75) is 57.2 Å². The molecule has 8 nitrogen and oxygen atoms in total. The molecule has 0 spiro atoms. The molecule has 200 valence electrons. The lowest BCUT2D eigenvalue weighted by Crippen LogP contribution is -2.18. The van der Waals surface area contributed by atoms with E-state index in [0.717, 1.165) is 44.9 Å². The number of hydrogen-bond acceptors (Lipinski definition) is 8. The van der Waals surface area contributed by atoms with E-state index in [1.165, 1.54) is 22.3 Å². The first-order chi connectivity index (χ1) is 18.1. The summed E-state index contributed by atoms with van der Waals surface area (Å²) in [6.07, 6.45) is 5.26. The monoisotopic (exact) mass is 512 g/mol. The second-order valence-electron chi connectivity index (χ2n) is 9.45. The molecule has 2 aliphatic rings. The molecule has 2 unspecified atom stereocenters. The highest BCUT2D eigenvalue weighted by atomic mass is 16.8. The second kappa shape index (κ2) is 14.6. The third kappa shape index (κ3) is 9.70. The maximum Gasteiger partial charge on any atom is 0.508 e. The summed E-state index contributed by atoms with van der Waals surface area (Å²) in [5, 5.41) is 0. The van der Waals surface area contributed by atoms with Gasteiger partial charge in [0.1, 0.15) is 13.2 Å². The molecule has 0 amide bonds. The molecular formula is C29H36O8. The van der Waals surface area contributed by atoms with Crippen molar-refractivity contribution in [3.63, 3.8) is 0 Å². The van der Waals surface area contributed by atoms with Crippen LogP contribution in [0.15, 0.2) is 48.5 Å². The van der Waals surface area contributed by atoms with Crippen LogP contribution >= 0.6 is 0 Å². The lowest BCUT2D eigenvalue weighted by atomic mass is 10.0. The first kappa shape index (κ1) is 26.9. The minimum absolute atomic E-state index is 0.274. The van der Waals surface area contributed by atoms with Crippen LogP contribution in [0, 0.1) is 0 Å². The normalized spacial score (nSPS) is 18.8. The average Bonchev–Trinajstić information content (AvgIpc) is 3.52. The van der Waals surface area contributed by atoms with Gasteiger partial charge < -0.3 is 28.4 Å². The third-order valence-corrected chi connectivity index (χ3v) is 6.39. The predicted octanol–water partition coefficient (Wildman–Crippen LogP) is 4.83. The van der Waals surface area contributed by atoms with Crippen molar-refractivity contribution >= 4 is 12.3 Å². The quantitative estimate of drug-likeness (QED) is 0.233. The standard InChI is InChI=1S/C29H36O8/c30-28-34-20-26(36-28)18-32-16-2-6-24-12-8-22(9-13-24)4-1-5-23-10-14-25(15-11-23)7-3-17-33-19-27-21-35-29(31)37-27/h8-15,26-27H,1-7,16-21H2. The van der Waals surface area contributed by atoms with Crippen molar-refractivity contribution < 1.29 is 38.0 Å². The van der Waals surface area contributed by atoms with E-state index in [1.807, 2.05) is 0 Å². The first-order valence-electron chi connectivity index (χ1n) is 13.1. The van der Waals surface area contributed by atoms with Crippen LogP contribution in [-0.2, 0) is 54.1 Å². The molecular weight excluding hydrogens is 476 g/mol. The highest BCUT2D eigenvalue weighted by Gasteiger charge is 2.25. The summed E-state index contributed by atoms with van der Waals surface area (Å²) in [4.78, 5) is 21.7. The van der Waals surface area contributed by atoms with Gasteiger partial charge in [0.15, 0.2) is 12.2 Å². The minimum Gasteiger partial charge on any atom is -0.430 e. The van der Waals surface area contributed by atoms with Gasteiger partial charge in [-0.1, -0.05) is 48.5 Å². The van der Waals surface area contributed by atoms with E-state index in [4.69, 9.17) is 28.4 Å². The fourth-order valence-electron chi connectivity index (χ4n) is 4.32. The Morgan fingerprint density at radius 1 is 0.568 bits per heavy atom. The highest BCUT2D eigenvalue weighted by Crippen LogP contribution is 2.14. The maximum atomic E-state index is 10.9. The molecule has 37 heavy (non-hydrogen) atoms. The zero-order chi connectivity index (χ0) is 25.7. The molecule has 2 atom stereocenters. The first-order valence-corrected chi connectivity index (χ1v) is 13.1. The second-order valence-corrected chi connectivity index (χ2v) is 9.45. The van der Waals surface area contributed by atoms with Gasteiger partial charge in [-0.2, -0.15) is 0 Å². The average molecular weight is 513 g/mol. The van der Waals surface area contributed by atoms with Crippen LogP contribution in [0.25, 0.3) is 0 Å². The summed E-state index contributed by atoms with van der Waals surface area (Å²) in [6, 6.07) is 17.7. The van der Waals surface area contributed by atoms with Gasteiger partial charge in [0.2, 0.25) is 0 Å². The van der Waals surface area contributed by atoms with E-state index in [2.05, 4.69) is 48.5 Å². The van der Waals surface area contributed by atoms with Crippen molar-refractivity contribution in [1.82, 2.24) is 0 Å². The lowest BCUT2D eigenvalue weighted by molar-refractivity contribution is 0.0450. The van der Waals surface area contributed by atoms with Gasteiger partial charge >= 0.3 is 12.3 Å². The summed E-state index contributed by atoms with van der Waals surface area (Å²) in [7, 11) is 0. The Kier molecular flexibility index (Phi) is 10.6. The number of carbonyl (C=O) groups is 2. The molecule has 2 aromatic carbocycles. The van der Waals surface area contributed by atoms with Crippen LogP contribution in [0.3, 0.4) is 0 Å². The van der Waals surface area contributed by atoms with Gasteiger partial charge in [-0.05, 0) is 67.2 Å². The van der Waals surface area contributed by atoms with Crippen LogP contribution in [-0.4, -0.2) is 64.2 Å². The molecule has 0 N–H and O–H groups in total. The predicted molar refractivity (Wildman–Crippen MR) is 136 cm³/mol. The molecule has 0 aliphatic carbocycles. The number of cyclic esters (lactones) is 4. The molecule has 0 bridgehead atoms. The summed E-state index contributed by atoms with van der Waals surface area (Å²) in [6.45, 7) is 2.61. The fourth-order valence-corrected chi connectivity index (χ4v) is 4.32. The van der Waals surface area contributed by atoms with Crippen LogP contribution < -0.4 is 0 Å². The van der Waals surface area contributed by atoms with Gasteiger partial charge in [0.25, 0.3) is 0 Å². The summed E-state index contributed by atoms with van der Waals surface area (Å²) < 4.78 is 30.5. The number of rotatable bonds is 16. The van der Waals surface area contributed by atoms with E-state index in [9.17, 15) is 9.59 Å². The molecule has 0 saturated carbocycles. The minimum atomic E-state index is -0.607. The van der Waals surface area contributed by atoms with Gasteiger partial charge in [-0.3, -0.25) is 0 Å². The van der Waals surface area contributed by atoms with E-state index in [-0.39, 0.29) is 25.4 Å². The van der Waals surface area contributed by atoms with Gasteiger partial charge in [-0.15, -0.1) is 0 Å². The van der Waals surface area contributed by atoms with Crippen molar-refractivity contribution in [2.75, 3.05) is 39.6 Å². The third-order valence-electron chi connectivity index (χ3n) is 6.39. The zero-order valence-corrected chi connectivity index (χ0v) is 21.2. The van der Waals surface area contributed by atoms with Crippen molar-refractivity contribution in [2.24, 2.45) is 0 Å². The number of ether oxygens (including phenoxy) is 6. The molecule has 0 radical (unpaired) electrons. The maximum absolute atomic E-state index is 10.9. The highest BCUT2D eigenvalue weighted by molar-refractivity contribution is 5.62. The van der Waals surface area contributed by atoms with Crippen LogP contribution in [0.4, 0.5) is 9.59 Å². The summed E-state index contributed by atoms with van der Waals surface area (Å²) >= 11 is 0. The number of carbonyl (C=O) groups excluding carboxylic acids is 2. The van der Waals surface area contributed by atoms with Crippen LogP contribution in [0.5, 0.6) is 0 Å². The molecule has 4 rings (SSSR count). The van der Waals surface area contributed by atoms with Gasteiger partial charge in [0.05, 0.1) is 13.2 Å². The Labute approximate surface area is 218 Å². The Morgan fingerprint density at radius 2 is 0.919 bits per heavy atom. The van der Waals surface area contributed by atoms with E-state index in [1.54, 1.807) is 0 Å². The smallest absolute Gasteiger partial charge is 0.430 e. The van der Waals surface area contributed by atoms with E-state index >= 15 is 0 Å². The lowest BCUT2D eigenvalue weighted by Gasteiger charge is -2.09. The van der Waals surface area contributed by atoms with Crippen LogP contribution in [0.1, 0.15) is 41.5 Å². The Hall–Kier alpha value is -3.10. The van der Waals surface area contributed by atoms with Crippen LogP contribution in [0.2, 0.25) is 0 Å². The SMILES string of the molecule is O=C1OCC(COCCCc2ccc(CCCc3ccc(CCCOCC4COC(=O)O4)cc3)cc2)O1. The largest absolute Gasteiger partial charge is 0.508 e. The zero-order valence-electron chi connectivity index (χ0n) is 21.2. The molecule has 0 aromatic heterocycles. The van der Waals surface area contributed by atoms with Gasteiger partial charge in [-0.25, -0.2) is 9.59 Å². The summed E-state index contributed by atoms with van der Waals surface area (Å²) in [5.41, 5.74) is 5.33. The Bertz CT molecular complexity index is 893. The molecule has 2 saturated heterocycles. The van der Waals surface area contributed by atoms with Crippen molar-refractivity contribution in [1.29, 1.82) is 0 Å². The van der Waals surface area contributed by atoms with E-state index < -0.39 is 12.3 Å². The Balaban J connectivity index is 1.03. The van der Waals surface area contributed by atoms with Crippen molar-refractivity contribution in [3.05, 3.63) is 70.8 Å². The molecule has 2 heterocycles. The molecule has 8 heteroatoms. The number of benzene rings is 2.